The lowest BCUT2D eigenvalue weighted by atomic mass is 9.74. The molecular formula is C24H25N3O4S3. The number of fused-ring (bicyclic) bond motifs is 5. The standard InChI is InChI=1S/C24H25N3O4S3/c1-4-14-23-15-24-21(29)25(3)22(2,32-33-24)20(28)26(24)19(23)27(18-13-9-8-12-17(18)23)34(30,31)16-10-6-5-7-11-16/h5-13,19H,4,14-15H2,1-3H3/t19-,22-,23+,24-/m0/s1. The Morgan fingerprint density at radius 3 is 2.38 bits per heavy atom. The number of hydrogen-bond donors (Lipinski definition) is 0. The van der Waals surface area contributed by atoms with E-state index in [4.69, 9.17) is 0 Å². The van der Waals surface area contributed by atoms with E-state index in [1.54, 1.807) is 54.1 Å². The molecular weight excluding hydrogens is 490 g/mol. The Balaban J connectivity index is 1.65. The van der Waals surface area contributed by atoms with Crippen LogP contribution in [0.25, 0.3) is 0 Å². The van der Waals surface area contributed by atoms with Gasteiger partial charge in [-0.25, -0.2) is 12.7 Å². The van der Waals surface area contributed by atoms with E-state index in [1.807, 2.05) is 24.3 Å². The molecule has 2 aromatic carbocycles. The van der Waals surface area contributed by atoms with Crippen LogP contribution in [0.1, 0.15) is 38.7 Å². The van der Waals surface area contributed by atoms with E-state index in [0.717, 1.165) is 12.0 Å². The number of nitrogens with zero attached hydrogens (tertiary/aromatic N) is 3. The van der Waals surface area contributed by atoms with Gasteiger partial charge in [-0.05, 0) is 37.1 Å². The second kappa shape index (κ2) is 6.95. The molecule has 0 aromatic heterocycles. The summed E-state index contributed by atoms with van der Waals surface area (Å²) in [7, 11) is 0.496. The number of carbonyl (C=O) groups is 2. The van der Waals surface area contributed by atoms with Crippen molar-refractivity contribution >= 4 is 49.1 Å². The summed E-state index contributed by atoms with van der Waals surface area (Å²) in [5.41, 5.74) is 0.813. The maximum atomic E-state index is 14.2. The molecule has 7 nitrogen and oxygen atoms in total. The Bertz CT molecular complexity index is 1340. The Morgan fingerprint density at radius 1 is 1.00 bits per heavy atom. The van der Waals surface area contributed by atoms with Crippen molar-refractivity contribution in [3.63, 3.8) is 0 Å². The molecule has 7 rings (SSSR count). The second-order valence-corrected chi connectivity index (χ2v) is 14.2. The number of piperazine rings is 1. The van der Waals surface area contributed by atoms with Gasteiger partial charge in [-0.1, -0.05) is 71.3 Å². The lowest BCUT2D eigenvalue weighted by Crippen LogP contribution is -2.76. The van der Waals surface area contributed by atoms with E-state index in [1.165, 1.54) is 25.9 Å². The van der Waals surface area contributed by atoms with Crippen LogP contribution in [0.15, 0.2) is 59.5 Å². The Morgan fingerprint density at radius 2 is 1.68 bits per heavy atom. The summed E-state index contributed by atoms with van der Waals surface area (Å²) in [6.45, 7) is 3.82. The molecule has 5 aliphatic rings. The zero-order valence-corrected chi connectivity index (χ0v) is 21.5. The summed E-state index contributed by atoms with van der Waals surface area (Å²) >= 11 is 0. The van der Waals surface area contributed by atoms with E-state index >= 15 is 0 Å². The number of hydrogen-bond acceptors (Lipinski definition) is 6. The fourth-order valence-corrected chi connectivity index (χ4v) is 11.5. The number of sulfonamides is 1. The number of para-hydroxylation sites is 1. The smallest absolute Gasteiger partial charge is 0.266 e. The van der Waals surface area contributed by atoms with Gasteiger partial charge in [-0.15, -0.1) is 0 Å². The summed E-state index contributed by atoms with van der Waals surface area (Å²) in [5, 5.41) is 0. The van der Waals surface area contributed by atoms with E-state index in [9.17, 15) is 18.0 Å². The van der Waals surface area contributed by atoms with E-state index in [0.29, 0.717) is 18.5 Å². The fraction of sp³-hybridized carbons (Fsp3) is 0.417. The maximum Gasteiger partial charge on any atom is 0.266 e. The number of amides is 2. The summed E-state index contributed by atoms with van der Waals surface area (Å²) < 4.78 is 29.8. The Labute approximate surface area is 207 Å². The molecule has 2 aromatic rings. The van der Waals surface area contributed by atoms with E-state index in [2.05, 4.69) is 6.92 Å². The van der Waals surface area contributed by atoms with Crippen LogP contribution in [-0.2, 0) is 25.0 Å². The quantitative estimate of drug-likeness (QED) is 0.577. The van der Waals surface area contributed by atoms with E-state index in [-0.39, 0.29) is 16.7 Å². The van der Waals surface area contributed by atoms with Crippen molar-refractivity contribution in [1.29, 1.82) is 0 Å². The van der Waals surface area contributed by atoms with Gasteiger partial charge in [-0.3, -0.25) is 14.5 Å². The topological polar surface area (TPSA) is 78.0 Å². The van der Waals surface area contributed by atoms with Crippen LogP contribution in [-0.4, -0.2) is 53.0 Å². The zero-order chi connectivity index (χ0) is 24.1. The minimum Gasteiger partial charge on any atom is -0.319 e. The van der Waals surface area contributed by atoms with Gasteiger partial charge >= 0.3 is 0 Å². The molecule has 0 N–H and O–H groups in total. The highest BCUT2D eigenvalue weighted by molar-refractivity contribution is 8.78. The van der Waals surface area contributed by atoms with Crippen LogP contribution in [0.2, 0.25) is 0 Å². The average molecular weight is 516 g/mol. The zero-order valence-electron chi connectivity index (χ0n) is 19.1. The number of rotatable bonds is 4. The molecule has 4 fully saturated rings. The van der Waals surface area contributed by atoms with Gasteiger partial charge in [0.1, 0.15) is 6.17 Å². The molecule has 0 radical (unpaired) electrons. The predicted molar refractivity (Wildman–Crippen MR) is 133 cm³/mol. The highest BCUT2D eigenvalue weighted by atomic mass is 33.1. The SMILES string of the molecule is CCC[C@]12C[C@@]34SS[C@@](C)(C(=O)N3[C@H]1N(S(=O)(=O)c1ccccc1)c1ccccc12)N(C)C4=O. The number of likely N-dealkylation sites (N-methyl/N-ethyl adjacent to an activating group) is 1. The van der Waals surface area contributed by atoms with Crippen LogP contribution < -0.4 is 4.31 Å². The largest absolute Gasteiger partial charge is 0.319 e. The Kier molecular flexibility index (Phi) is 4.56. The predicted octanol–water partition coefficient (Wildman–Crippen LogP) is 3.77. The van der Waals surface area contributed by atoms with Crippen LogP contribution in [0, 0.1) is 0 Å². The summed E-state index contributed by atoms with van der Waals surface area (Å²) in [5.74, 6) is -0.333. The van der Waals surface area contributed by atoms with Gasteiger partial charge in [0, 0.05) is 18.9 Å². The molecule has 5 aliphatic heterocycles. The molecule has 1 spiro atoms. The molecule has 0 unspecified atom stereocenters. The van der Waals surface area contributed by atoms with Crippen molar-refractivity contribution in [3.05, 3.63) is 60.2 Å². The summed E-state index contributed by atoms with van der Waals surface area (Å²) in [6.07, 6.45) is 1.05. The van der Waals surface area contributed by atoms with Crippen molar-refractivity contribution in [3.8, 4) is 0 Å². The molecule has 34 heavy (non-hydrogen) atoms. The first-order chi connectivity index (χ1) is 16.1. The van der Waals surface area contributed by atoms with Crippen molar-refractivity contribution in [1.82, 2.24) is 9.80 Å². The molecule has 0 saturated carbocycles. The van der Waals surface area contributed by atoms with Gasteiger partial charge in [0.15, 0.2) is 9.74 Å². The lowest BCUT2D eigenvalue weighted by molar-refractivity contribution is -0.163. The van der Waals surface area contributed by atoms with Crippen molar-refractivity contribution in [2.24, 2.45) is 0 Å². The monoisotopic (exact) mass is 515 g/mol. The summed E-state index contributed by atoms with van der Waals surface area (Å²) in [4.78, 5) is 29.0. The lowest BCUT2D eigenvalue weighted by Gasteiger charge is -2.58. The molecule has 0 aliphatic carbocycles. The van der Waals surface area contributed by atoms with Crippen molar-refractivity contribution in [2.45, 2.75) is 59.3 Å². The van der Waals surface area contributed by atoms with Gasteiger partial charge < -0.3 is 4.90 Å². The van der Waals surface area contributed by atoms with Crippen LogP contribution >= 0.6 is 21.6 Å². The molecule has 2 amide bonds. The minimum absolute atomic E-state index is 0.127. The van der Waals surface area contributed by atoms with Gasteiger partial charge in [0.05, 0.1) is 10.6 Å². The molecule has 2 bridgehead atoms. The highest BCUT2D eigenvalue weighted by Gasteiger charge is 2.78. The van der Waals surface area contributed by atoms with Crippen LogP contribution in [0.4, 0.5) is 5.69 Å². The van der Waals surface area contributed by atoms with Crippen LogP contribution in [0.3, 0.4) is 0 Å². The number of anilines is 1. The van der Waals surface area contributed by atoms with E-state index < -0.39 is 31.3 Å². The highest BCUT2D eigenvalue weighted by Crippen LogP contribution is 2.70. The molecule has 10 heteroatoms. The molecule has 5 heterocycles. The third-order valence-corrected chi connectivity index (χ3v) is 13.3. The van der Waals surface area contributed by atoms with Gasteiger partial charge in [0.25, 0.3) is 21.8 Å². The minimum atomic E-state index is -4.01. The Hall–Kier alpha value is -2.17. The first kappa shape index (κ1) is 22.3. The molecule has 178 valence electrons. The number of carbonyl (C=O) groups excluding carboxylic acids is 2. The fourth-order valence-electron chi connectivity index (χ4n) is 6.22. The molecule has 4 atom stereocenters. The normalized spacial score (nSPS) is 33.9. The van der Waals surface area contributed by atoms with Crippen molar-refractivity contribution < 1.29 is 18.0 Å². The average Bonchev–Trinajstić information content (AvgIpc) is 3.27. The van der Waals surface area contributed by atoms with Crippen molar-refractivity contribution in [2.75, 3.05) is 11.4 Å². The first-order valence-corrected chi connectivity index (χ1v) is 14.9. The van der Waals surface area contributed by atoms with Gasteiger partial charge in [-0.2, -0.15) is 0 Å². The van der Waals surface area contributed by atoms with Crippen LogP contribution in [0.5, 0.6) is 0 Å². The van der Waals surface area contributed by atoms with Gasteiger partial charge in [0.2, 0.25) is 0 Å². The second-order valence-electron chi connectivity index (χ2n) is 9.56. The first-order valence-electron chi connectivity index (χ1n) is 11.3. The third kappa shape index (κ3) is 2.39. The number of benzene rings is 2. The molecule has 4 saturated heterocycles. The summed E-state index contributed by atoms with van der Waals surface area (Å²) in [6, 6.07) is 15.9. The maximum absolute atomic E-state index is 14.2. The third-order valence-electron chi connectivity index (χ3n) is 7.82.